The Morgan fingerprint density at radius 1 is 1.19 bits per heavy atom. The van der Waals surface area contributed by atoms with E-state index >= 15 is 0 Å². The second-order valence-corrected chi connectivity index (χ2v) is 8.34. The molecule has 1 amide bonds. The molecule has 2 aromatic carbocycles. The van der Waals surface area contributed by atoms with Crippen molar-refractivity contribution in [3.63, 3.8) is 0 Å². The molecule has 4 nitrogen and oxygen atoms in total. The Morgan fingerprint density at radius 3 is 2.70 bits per heavy atom. The molecule has 0 saturated carbocycles. The molecule has 0 spiro atoms. The molecule has 2 heterocycles. The number of aromatic nitrogens is 1. The first kappa shape index (κ1) is 18.1. The number of nitrogens with zero attached hydrogens (tertiary/aromatic N) is 1. The molecule has 1 N–H and O–H groups in total. The summed E-state index contributed by atoms with van der Waals surface area (Å²) >= 11 is 1.64. The van der Waals surface area contributed by atoms with E-state index in [1.165, 1.54) is 5.56 Å². The molecule has 1 aromatic heterocycles. The van der Waals surface area contributed by atoms with Crippen LogP contribution in [0, 0.1) is 6.92 Å². The molecule has 140 valence electrons. The Bertz CT molecular complexity index is 927. The first-order valence-corrected chi connectivity index (χ1v) is 10.2. The minimum absolute atomic E-state index is 0.0724. The predicted octanol–water partition coefficient (Wildman–Crippen LogP) is 4.53. The summed E-state index contributed by atoms with van der Waals surface area (Å²) in [4.78, 5) is 18.1. The van der Waals surface area contributed by atoms with E-state index in [4.69, 9.17) is 9.72 Å². The summed E-state index contributed by atoms with van der Waals surface area (Å²) in [6.45, 7) is 5.30. The zero-order chi connectivity index (χ0) is 18.9. The van der Waals surface area contributed by atoms with Gasteiger partial charge in [-0.2, -0.15) is 0 Å². The smallest absolute Gasteiger partial charge is 0.231 e. The topological polar surface area (TPSA) is 51.2 Å². The summed E-state index contributed by atoms with van der Waals surface area (Å²) in [7, 11) is 0. The van der Waals surface area contributed by atoms with Gasteiger partial charge in [-0.1, -0.05) is 42.0 Å². The van der Waals surface area contributed by atoms with Gasteiger partial charge >= 0.3 is 0 Å². The third kappa shape index (κ3) is 3.49. The second kappa shape index (κ2) is 7.41. The highest BCUT2D eigenvalue weighted by Gasteiger charge is 2.42. The molecular weight excluding hydrogens is 356 g/mol. The summed E-state index contributed by atoms with van der Waals surface area (Å²) < 4.78 is 6.71. The Balaban J connectivity index is 1.61. The highest BCUT2D eigenvalue weighted by molar-refractivity contribution is 7.18. The number of carbonyl (C=O) groups is 1. The van der Waals surface area contributed by atoms with Crippen LogP contribution < -0.4 is 5.32 Å². The fourth-order valence-corrected chi connectivity index (χ4v) is 4.75. The number of carbonyl (C=O) groups excluding carboxylic acids is 1. The van der Waals surface area contributed by atoms with Gasteiger partial charge in [0.05, 0.1) is 21.7 Å². The zero-order valence-electron chi connectivity index (χ0n) is 15.7. The van der Waals surface area contributed by atoms with Crippen LogP contribution in [0.5, 0.6) is 0 Å². The van der Waals surface area contributed by atoms with Crippen LogP contribution in [0.2, 0.25) is 0 Å². The van der Waals surface area contributed by atoms with E-state index in [2.05, 4.69) is 36.5 Å². The van der Waals surface area contributed by atoms with Crippen molar-refractivity contribution in [3.05, 3.63) is 64.7 Å². The summed E-state index contributed by atoms with van der Waals surface area (Å²) in [6, 6.07) is 16.3. The maximum atomic E-state index is 13.4. The van der Waals surface area contributed by atoms with Gasteiger partial charge in [-0.3, -0.25) is 4.79 Å². The summed E-state index contributed by atoms with van der Waals surface area (Å²) in [5, 5.41) is 4.18. The molecule has 1 atom stereocenters. The number of aryl methyl sites for hydroxylation is 1. The molecule has 27 heavy (non-hydrogen) atoms. The second-order valence-electron chi connectivity index (χ2n) is 7.28. The van der Waals surface area contributed by atoms with Crippen LogP contribution >= 0.6 is 11.3 Å². The average molecular weight is 381 g/mol. The van der Waals surface area contributed by atoms with Crippen LogP contribution in [-0.2, 0) is 14.9 Å². The van der Waals surface area contributed by atoms with E-state index in [0.717, 1.165) is 20.8 Å². The number of ether oxygens (including phenoxy) is 1. The lowest BCUT2D eigenvalue weighted by atomic mass is 9.73. The van der Waals surface area contributed by atoms with E-state index < -0.39 is 5.41 Å². The first-order chi connectivity index (χ1) is 13.1. The summed E-state index contributed by atoms with van der Waals surface area (Å²) in [6.07, 6.45) is 1.41. The molecule has 1 aliphatic rings. The molecule has 0 unspecified atom stereocenters. The molecule has 1 aliphatic heterocycles. The number of benzene rings is 2. The molecule has 3 aromatic rings. The van der Waals surface area contributed by atoms with Crippen molar-refractivity contribution in [1.29, 1.82) is 0 Å². The molecular formula is C22H24N2O2S. The monoisotopic (exact) mass is 380 g/mol. The first-order valence-electron chi connectivity index (χ1n) is 9.40. The minimum atomic E-state index is -0.533. The SMILES string of the molecule is Cc1cccc(C2(C(=O)N[C@@H](C)c3nc4ccccc4s3)CCOCC2)c1. The number of fused-ring (bicyclic) bond motifs is 1. The summed E-state index contributed by atoms with van der Waals surface area (Å²) in [5.74, 6) is 0.0724. The van der Waals surface area contributed by atoms with Gasteiger partial charge in [0.15, 0.2) is 0 Å². The van der Waals surface area contributed by atoms with Crippen molar-refractivity contribution in [2.75, 3.05) is 13.2 Å². The largest absolute Gasteiger partial charge is 0.381 e. The van der Waals surface area contributed by atoms with Crippen molar-refractivity contribution in [1.82, 2.24) is 10.3 Å². The standard InChI is InChI=1S/C22H24N2O2S/c1-15-6-5-7-17(14-15)22(10-12-26-13-11-22)21(25)23-16(2)20-24-18-8-3-4-9-19(18)27-20/h3-9,14,16H,10-13H2,1-2H3,(H,23,25)/t16-/m0/s1. The van der Waals surface area contributed by atoms with Crippen LogP contribution in [0.15, 0.2) is 48.5 Å². The van der Waals surface area contributed by atoms with Crippen LogP contribution in [0.1, 0.15) is 41.9 Å². The Labute approximate surface area is 163 Å². The van der Waals surface area contributed by atoms with Crippen LogP contribution in [0.25, 0.3) is 10.2 Å². The molecule has 0 aliphatic carbocycles. The van der Waals surface area contributed by atoms with E-state index in [9.17, 15) is 4.79 Å². The highest BCUT2D eigenvalue weighted by atomic mass is 32.1. The molecule has 1 saturated heterocycles. The van der Waals surface area contributed by atoms with E-state index in [1.54, 1.807) is 11.3 Å². The Morgan fingerprint density at radius 2 is 1.96 bits per heavy atom. The van der Waals surface area contributed by atoms with Crippen molar-refractivity contribution >= 4 is 27.5 Å². The third-order valence-corrected chi connectivity index (χ3v) is 6.60. The maximum Gasteiger partial charge on any atom is 0.231 e. The number of hydrogen-bond acceptors (Lipinski definition) is 4. The van der Waals surface area contributed by atoms with Crippen LogP contribution in [0.3, 0.4) is 0 Å². The van der Waals surface area contributed by atoms with Gasteiger partial charge in [0, 0.05) is 13.2 Å². The fraction of sp³-hybridized carbons (Fsp3) is 0.364. The van der Waals surface area contributed by atoms with Gasteiger partial charge in [0.1, 0.15) is 5.01 Å². The number of hydrogen-bond donors (Lipinski definition) is 1. The fourth-order valence-electron chi connectivity index (χ4n) is 3.78. The summed E-state index contributed by atoms with van der Waals surface area (Å²) in [5.41, 5.74) is 2.71. The van der Waals surface area contributed by atoms with E-state index in [0.29, 0.717) is 26.1 Å². The highest BCUT2D eigenvalue weighted by Crippen LogP contribution is 2.36. The van der Waals surface area contributed by atoms with Gasteiger partial charge in [0.2, 0.25) is 5.91 Å². The number of nitrogens with one attached hydrogen (secondary N) is 1. The Kier molecular flexibility index (Phi) is 4.98. The predicted molar refractivity (Wildman–Crippen MR) is 109 cm³/mol. The van der Waals surface area contributed by atoms with Gasteiger partial charge in [-0.15, -0.1) is 11.3 Å². The van der Waals surface area contributed by atoms with Gasteiger partial charge in [-0.25, -0.2) is 4.98 Å². The molecule has 0 bridgehead atoms. The van der Waals surface area contributed by atoms with Crippen molar-refractivity contribution in [2.45, 2.75) is 38.1 Å². The van der Waals surface area contributed by atoms with Gasteiger partial charge in [-0.05, 0) is 44.4 Å². The lowest BCUT2D eigenvalue weighted by Crippen LogP contribution is -2.48. The normalized spacial score (nSPS) is 17.6. The quantitative estimate of drug-likeness (QED) is 0.723. The molecule has 5 heteroatoms. The maximum absolute atomic E-state index is 13.4. The number of rotatable bonds is 4. The van der Waals surface area contributed by atoms with Crippen molar-refractivity contribution < 1.29 is 9.53 Å². The number of amides is 1. The number of para-hydroxylation sites is 1. The van der Waals surface area contributed by atoms with Crippen LogP contribution in [0.4, 0.5) is 0 Å². The number of thiazole rings is 1. The zero-order valence-corrected chi connectivity index (χ0v) is 16.5. The average Bonchev–Trinajstić information content (AvgIpc) is 3.13. The third-order valence-electron chi connectivity index (χ3n) is 5.38. The lowest BCUT2D eigenvalue weighted by Gasteiger charge is -2.37. The van der Waals surface area contributed by atoms with Crippen molar-refractivity contribution in [2.24, 2.45) is 0 Å². The molecule has 0 radical (unpaired) electrons. The Hall–Kier alpha value is -2.24. The van der Waals surface area contributed by atoms with Crippen molar-refractivity contribution in [3.8, 4) is 0 Å². The molecule has 1 fully saturated rings. The van der Waals surface area contributed by atoms with E-state index in [1.807, 2.05) is 31.2 Å². The van der Waals surface area contributed by atoms with Crippen LogP contribution in [-0.4, -0.2) is 24.1 Å². The molecule has 4 rings (SSSR count). The minimum Gasteiger partial charge on any atom is -0.381 e. The van der Waals surface area contributed by atoms with E-state index in [-0.39, 0.29) is 11.9 Å². The lowest BCUT2D eigenvalue weighted by molar-refractivity contribution is -0.131. The van der Waals surface area contributed by atoms with Gasteiger partial charge < -0.3 is 10.1 Å². The van der Waals surface area contributed by atoms with Gasteiger partial charge in [0.25, 0.3) is 0 Å².